The second-order valence-electron chi connectivity index (χ2n) is 3.88. The maximum absolute atomic E-state index is 6.03. The zero-order valence-corrected chi connectivity index (χ0v) is 11.0. The molecule has 0 fully saturated rings. The Hall–Kier alpha value is -1.68. The van der Waals surface area contributed by atoms with Gasteiger partial charge in [-0.3, -0.25) is 4.98 Å². The average Bonchev–Trinajstić information content (AvgIpc) is 2.40. The molecule has 0 aromatic carbocycles. The van der Waals surface area contributed by atoms with Crippen LogP contribution in [0.4, 0.5) is 5.82 Å². The normalized spacial score (nSPS) is 10.3. The Morgan fingerprint density at radius 2 is 2.00 bits per heavy atom. The van der Waals surface area contributed by atoms with Crippen molar-refractivity contribution in [2.75, 3.05) is 11.9 Å². The van der Waals surface area contributed by atoms with Crippen LogP contribution in [0.15, 0.2) is 30.9 Å². The first kappa shape index (κ1) is 12.8. The van der Waals surface area contributed by atoms with Crippen LogP contribution in [0.5, 0.6) is 0 Å². The van der Waals surface area contributed by atoms with Crippen molar-refractivity contribution in [1.29, 1.82) is 0 Å². The monoisotopic (exact) mass is 262 g/mol. The smallest absolute Gasteiger partial charge is 0.137 e. The van der Waals surface area contributed by atoms with Crippen molar-refractivity contribution in [2.24, 2.45) is 0 Å². The van der Waals surface area contributed by atoms with E-state index in [0.717, 1.165) is 30.8 Å². The molecule has 2 heterocycles. The fourth-order valence-electron chi connectivity index (χ4n) is 1.73. The first-order chi connectivity index (χ1) is 8.81. The second-order valence-corrected chi connectivity index (χ2v) is 4.24. The number of hydrogen-bond donors (Lipinski definition) is 1. The summed E-state index contributed by atoms with van der Waals surface area (Å²) >= 11 is 6.03. The summed E-state index contributed by atoms with van der Waals surface area (Å²) in [6.07, 6.45) is 6.82. The minimum Gasteiger partial charge on any atom is -0.369 e. The Labute approximate surface area is 111 Å². The first-order valence-corrected chi connectivity index (χ1v) is 6.31. The third kappa shape index (κ3) is 3.17. The molecule has 0 unspecified atom stereocenters. The third-order valence-corrected chi connectivity index (χ3v) is 3.03. The van der Waals surface area contributed by atoms with E-state index in [1.807, 2.05) is 19.1 Å². The molecule has 2 aromatic heterocycles. The van der Waals surface area contributed by atoms with E-state index in [4.69, 9.17) is 11.6 Å². The SMILES string of the molecule is CCc1c(Cl)ncnc1NCCc1ccncc1. The number of aromatic nitrogens is 3. The predicted octanol–water partition coefficient (Wildman–Crippen LogP) is 2.74. The number of pyridine rings is 1. The van der Waals surface area contributed by atoms with E-state index in [9.17, 15) is 0 Å². The molecule has 0 spiro atoms. The lowest BCUT2D eigenvalue weighted by Crippen LogP contribution is -2.09. The van der Waals surface area contributed by atoms with Gasteiger partial charge in [0.25, 0.3) is 0 Å². The standard InChI is InChI=1S/C13H15ClN4/c1-2-11-12(14)17-9-18-13(11)16-8-5-10-3-6-15-7-4-10/h3-4,6-7,9H,2,5,8H2,1H3,(H,16,17,18). The van der Waals surface area contributed by atoms with Crippen molar-refractivity contribution in [2.45, 2.75) is 19.8 Å². The topological polar surface area (TPSA) is 50.7 Å². The molecule has 5 heteroatoms. The summed E-state index contributed by atoms with van der Waals surface area (Å²) in [4.78, 5) is 12.2. The number of nitrogens with one attached hydrogen (secondary N) is 1. The van der Waals surface area contributed by atoms with Crippen molar-refractivity contribution in [1.82, 2.24) is 15.0 Å². The number of anilines is 1. The average molecular weight is 263 g/mol. The highest BCUT2D eigenvalue weighted by molar-refractivity contribution is 6.30. The van der Waals surface area contributed by atoms with Gasteiger partial charge in [-0.15, -0.1) is 0 Å². The third-order valence-electron chi connectivity index (χ3n) is 2.70. The quantitative estimate of drug-likeness (QED) is 0.842. The van der Waals surface area contributed by atoms with Crippen LogP contribution in [0.3, 0.4) is 0 Å². The number of nitrogens with zero attached hydrogens (tertiary/aromatic N) is 3. The maximum Gasteiger partial charge on any atom is 0.137 e. The molecular weight excluding hydrogens is 248 g/mol. The molecule has 94 valence electrons. The Kier molecular flexibility index (Phi) is 4.47. The van der Waals surface area contributed by atoms with Crippen LogP contribution in [0, 0.1) is 0 Å². The molecule has 0 amide bonds. The van der Waals surface area contributed by atoms with E-state index >= 15 is 0 Å². The van der Waals surface area contributed by atoms with Crippen LogP contribution in [0.25, 0.3) is 0 Å². The molecule has 4 nitrogen and oxygen atoms in total. The van der Waals surface area contributed by atoms with E-state index in [1.54, 1.807) is 12.4 Å². The Morgan fingerprint density at radius 1 is 1.22 bits per heavy atom. The predicted molar refractivity (Wildman–Crippen MR) is 72.9 cm³/mol. The summed E-state index contributed by atoms with van der Waals surface area (Å²) in [6.45, 7) is 2.85. The lowest BCUT2D eigenvalue weighted by atomic mass is 10.2. The fraction of sp³-hybridized carbons (Fsp3) is 0.308. The zero-order valence-electron chi connectivity index (χ0n) is 10.2. The van der Waals surface area contributed by atoms with Crippen molar-refractivity contribution in [3.63, 3.8) is 0 Å². The number of hydrogen-bond acceptors (Lipinski definition) is 4. The highest BCUT2D eigenvalue weighted by Gasteiger charge is 2.06. The lowest BCUT2D eigenvalue weighted by molar-refractivity contribution is 0.970. The number of halogens is 1. The van der Waals surface area contributed by atoms with E-state index in [-0.39, 0.29) is 0 Å². The van der Waals surface area contributed by atoms with Gasteiger partial charge in [0.1, 0.15) is 17.3 Å². The Balaban J connectivity index is 1.96. The van der Waals surface area contributed by atoms with Crippen LogP contribution >= 0.6 is 11.6 Å². The van der Waals surface area contributed by atoms with Crippen LogP contribution in [-0.4, -0.2) is 21.5 Å². The molecule has 0 radical (unpaired) electrons. The van der Waals surface area contributed by atoms with E-state index in [2.05, 4.69) is 20.3 Å². The van der Waals surface area contributed by atoms with Crippen LogP contribution in [0.1, 0.15) is 18.1 Å². The molecule has 18 heavy (non-hydrogen) atoms. The van der Waals surface area contributed by atoms with Crippen molar-refractivity contribution in [3.05, 3.63) is 47.1 Å². The van der Waals surface area contributed by atoms with Gasteiger partial charge in [-0.25, -0.2) is 9.97 Å². The molecular formula is C13H15ClN4. The maximum atomic E-state index is 6.03. The summed E-state index contributed by atoms with van der Waals surface area (Å²) in [7, 11) is 0. The Morgan fingerprint density at radius 3 is 2.72 bits per heavy atom. The van der Waals surface area contributed by atoms with Gasteiger partial charge in [-0.05, 0) is 30.5 Å². The van der Waals surface area contributed by atoms with Crippen LogP contribution in [0.2, 0.25) is 5.15 Å². The first-order valence-electron chi connectivity index (χ1n) is 5.93. The molecule has 0 atom stereocenters. The second kappa shape index (κ2) is 6.31. The Bertz CT molecular complexity index is 502. The van der Waals surface area contributed by atoms with Gasteiger partial charge in [0.15, 0.2) is 0 Å². The summed E-state index contributed by atoms with van der Waals surface area (Å²) in [5, 5.41) is 3.82. The summed E-state index contributed by atoms with van der Waals surface area (Å²) in [5.41, 5.74) is 2.21. The zero-order chi connectivity index (χ0) is 12.8. The minimum atomic E-state index is 0.527. The molecule has 0 saturated heterocycles. The van der Waals surface area contributed by atoms with Crippen LogP contribution in [-0.2, 0) is 12.8 Å². The van der Waals surface area contributed by atoms with Gasteiger partial charge in [-0.2, -0.15) is 0 Å². The molecule has 0 bridgehead atoms. The largest absolute Gasteiger partial charge is 0.369 e. The van der Waals surface area contributed by atoms with Gasteiger partial charge < -0.3 is 5.32 Å². The molecule has 2 aromatic rings. The minimum absolute atomic E-state index is 0.527. The molecule has 1 N–H and O–H groups in total. The van der Waals surface area contributed by atoms with E-state index < -0.39 is 0 Å². The highest BCUT2D eigenvalue weighted by atomic mass is 35.5. The summed E-state index contributed by atoms with van der Waals surface area (Å²) in [5.74, 6) is 0.826. The highest BCUT2D eigenvalue weighted by Crippen LogP contribution is 2.19. The lowest BCUT2D eigenvalue weighted by Gasteiger charge is -2.10. The molecule has 0 aliphatic heterocycles. The van der Waals surface area contributed by atoms with E-state index in [1.165, 1.54) is 11.9 Å². The van der Waals surface area contributed by atoms with Gasteiger partial charge >= 0.3 is 0 Å². The van der Waals surface area contributed by atoms with Crippen molar-refractivity contribution >= 4 is 17.4 Å². The van der Waals surface area contributed by atoms with E-state index in [0.29, 0.717) is 5.15 Å². The van der Waals surface area contributed by atoms with Gasteiger partial charge in [0.05, 0.1) is 0 Å². The molecule has 0 aliphatic rings. The van der Waals surface area contributed by atoms with Gasteiger partial charge in [0, 0.05) is 24.5 Å². The van der Waals surface area contributed by atoms with Crippen molar-refractivity contribution < 1.29 is 0 Å². The fourth-order valence-corrected chi connectivity index (χ4v) is 2.00. The summed E-state index contributed by atoms with van der Waals surface area (Å²) < 4.78 is 0. The molecule has 0 aliphatic carbocycles. The molecule has 2 rings (SSSR count). The van der Waals surface area contributed by atoms with Gasteiger partial charge in [0.2, 0.25) is 0 Å². The van der Waals surface area contributed by atoms with Gasteiger partial charge in [-0.1, -0.05) is 18.5 Å². The van der Waals surface area contributed by atoms with Crippen LogP contribution < -0.4 is 5.32 Å². The van der Waals surface area contributed by atoms with Crippen molar-refractivity contribution in [3.8, 4) is 0 Å². The summed E-state index contributed by atoms with van der Waals surface area (Å²) in [6, 6.07) is 4.02. The molecule has 0 saturated carbocycles. The number of rotatable bonds is 5.